The predicted octanol–water partition coefficient (Wildman–Crippen LogP) is -1.81. The van der Waals surface area contributed by atoms with Crippen molar-refractivity contribution in [2.24, 2.45) is 22.9 Å². The minimum atomic E-state index is -0.833. The molecule has 7 heteroatoms. The van der Waals surface area contributed by atoms with Crippen LogP contribution in [0, 0.1) is 22.7 Å². The molecule has 0 bridgehead atoms. The topological polar surface area (TPSA) is 169 Å². The summed E-state index contributed by atoms with van der Waals surface area (Å²) in [5, 5.41) is 15.9. The first-order chi connectivity index (χ1) is 5.45. The SMILES string of the molecule is N#CC(N)=C(N)C#N.NC(N)=O. The van der Waals surface area contributed by atoms with Gasteiger partial charge in [0.1, 0.15) is 23.5 Å². The average molecular weight is 168 g/mol. The highest BCUT2D eigenvalue weighted by Gasteiger charge is 1.91. The number of carbonyl (C=O) groups is 1. The predicted molar refractivity (Wildman–Crippen MR) is 40.4 cm³/mol. The Hall–Kier alpha value is -2.41. The maximum atomic E-state index is 9.00. The smallest absolute Gasteiger partial charge is 0.309 e. The molecule has 0 radical (unpaired) electrons. The highest BCUT2D eigenvalue weighted by molar-refractivity contribution is 5.69. The molecule has 0 spiro atoms. The van der Waals surface area contributed by atoms with Crippen LogP contribution in [0.4, 0.5) is 4.79 Å². The molecule has 0 heterocycles. The molecule has 0 aliphatic rings. The summed E-state index contributed by atoms with van der Waals surface area (Å²) in [6, 6.07) is 2.22. The van der Waals surface area contributed by atoms with Crippen molar-refractivity contribution >= 4 is 6.03 Å². The fraction of sp³-hybridized carbons (Fsp3) is 0. The quantitative estimate of drug-likeness (QED) is 0.312. The zero-order valence-corrected chi connectivity index (χ0v) is 6.11. The number of rotatable bonds is 0. The highest BCUT2D eigenvalue weighted by atomic mass is 16.2. The number of nitriles is 2. The first kappa shape index (κ1) is 12.3. The van der Waals surface area contributed by atoms with Crippen molar-refractivity contribution in [3.63, 3.8) is 0 Å². The maximum Gasteiger partial charge on any atom is 0.309 e. The lowest BCUT2D eigenvalue weighted by molar-refractivity contribution is 0.256. The van der Waals surface area contributed by atoms with Crippen molar-refractivity contribution in [1.82, 2.24) is 0 Å². The fourth-order valence-corrected chi connectivity index (χ4v) is 0.120. The van der Waals surface area contributed by atoms with E-state index in [0.717, 1.165) is 0 Å². The highest BCUT2D eigenvalue weighted by Crippen LogP contribution is 1.83. The van der Waals surface area contributed by atoms with Gasteiger partial charge in [-0.2, -0.15) is 10.5 Å². The zero-order valence-electron chi connectivity index (χ0n) is 6.11. The number of nitrogens with two attached hydrogens (primary N) is 4. The van der Waals surface area contributed by atoms with E-state index in [9.17, 15) is 0 Å². The second kappa shape index (κ2) is 6.71. The Balaban J connectivity index is 0. The van der Waals surface area contributed by atoms with Crippen LogP contribution in [0.25, 0.3) is 0 Å². The Bertz CT molecular complexity index is 241. The molecule has 2 amide bonds. The van der Waals surface area contributed by atoms with Gasteiger partial charge in [0, 0.05) is 0 Å². The van der Waals surface area contributed by atoms with Crippen molar-refractivity contribution < 1.29 is 4.79 Å². The lowest BCUT2D eigenvalue weighted by Gasteiger charge is -1.83. The van der Waals surface area contributed by atoms with Gasteiger partial charge in [0.15, 0.2) is 0 Å². The molecule has 0 saturated carbocycles. The molecular formula is C5H8N6O. The largest absolute Gasteiger partial charge is 0.388 e. The van der Waals surface area contributed by atoms with E-state index in [1.807, 2.05) is 0 Å². The number of hydrogen-bond donors (Lipinski definition) is 4. The van der Waals surface area contributed by atoms with Crippen LogP contribution in [0.1, 0.15) is 0 Å². The molecule has 0 aliphatic heterocycles. The van der Waals surface area contributed by atoms with Gasteiger partial charge in [-0.05, 0) is 0 Å². The van der Waals surface area contributed by atoms with Gasteiger partial charge in [-0.1, -0.05) is 0 Å². The lowest BCUT2D eigenvalue weighted by atomic mass is 10.4. The Kier molecular flexibility index (Phi) is 6.86. The molecule has 8 N–H and O–H groups in total. The molecule has 12 heavy (non-hydrogen) atoms. The van der Waals surface area contributed by atoms with Crippen LogP contribution in [-0.4, -0.2) is 6.03 Å². The summed E-state index contributed by atoms with van der Waals surface area (Å²) < 4.78 is 0. The van der Waals surface area contributed by atoms with Crippen molar-refractivity contribution in [3.8, 4) is 12.1 Å². The van der Waals surface area contributed by atoms with Crippen molar-refractivity contribution in [2.75, 3.05) is 0 Å². The molecule has 0 aromatic heterocycles. The monoisotopic (exact) mass is 168 g/mol. The van der Waals surface area contributed by atoms with Crippen LogP contribution < -0.4 is 22.9 Å². The first-order valence-corrected chi connectivity index (χ1v) is 2.56. The lowest BCUT2D eigenvalue weighted by Crippen LogP contribution is -2.18. The average Bonchev–Trinajstić information content (AvgIpc) is 2.00. The zero-order chi connectivity index (χ0) is 10.1. The van der Waals surface area contributed by atoms with Gasteiger partial charge in [-0.25, -0.2) is 4.79 Å². The Morgan fingerprint density at radius 2 is 1.08 bits per heavy atom. The van der Waals surface area contributed by atoms with E-state index >= 15 is 0 Å². The van der Waals surface area contributed by atoms with Gasteiger partial charge < -0.3 is 22.9 Å². The van der Waals surface area contributed by atoms with Gasteiger partial charge in [-0.3, -0.25) is 0 Å². The van der Waals surface area contributed by atoms with E-state index < -0.39 is 6.03 Å². The van der Waals surface area contributed by atoms with Crippen molar-refractivity contribution in [1.29, 1.82) is 10.5 Å². The summed E-state index contributed by atoms with van der Waals surface area (Å²) in [4.78, 5) is 9.00. The van der Waals surface area contributed by atoms with Crippen LogP contribution in [0.2, 0.25) is 0 Å². The molecule has 0 aliphatic carbocycles. The van der Waals surface area contributed by atoms with Gasteiger partial charge in [0.05, 0.1) is 0 Å². The normalized spacial score (nSPS) is 9.17. The molecule has 0 rings (SSSR count). The van der Waals surface area contributed by atoms with Crippen LogP contribution in [0.5, 0.6) is 0 Å². The van der Waals surface area contributed by atoms with E-state index in [1.54, 1.807) is 0 Å². The van der Waals surface area contributed by atoms with Crippen LogP contribution in [-0.2, 0) is 0 Å². The molecule has 0 atom stereocenters. The number of primary amides is 2. The second-order valence-electron chi connectivity index (χ2n) is 1.45. The van der Waals surface area contributed by atoms with Gasteiger partial charge >= 0.3 is 6.03 Å². The van der Waals surface area contributed by atoms with E-state index in [0.29, 0.717) is 0 Å². The minimum Gasteiger partial charge on any atom is -0.388 e. The number of carbonyl (C=O) groups excluding carboxylic acids is 1. The summed E-state index contributed by atoms with van der Waals surface area (Å²) >= 11 is 0. The number of nitrogens with zero attached hydrogens (tertiary/aromatic N) is 2. The Labute approximate surface area is 68.8 Å². The Morgan fingerprint density at radius 1 is 0.917 bits per heavy atom. The van der Waals surface area contributed by atoms with Gasteiger partial charge in [0.2, 0.25) is 0 Å². The first-order valence-electron chi connectivity index (χ1n) is 2.56. The summed E-state index contributed by atoms with van der Waals surface area (Å²) in [6.07, 6.45) is 0. The molecule has 64 valence electrons. The minimum absolute atomic E-state index is 0.229. The van der Waals surface area contributed by atoms with Gasteiger partial charge in [-0.15, -0.1) is 0 Å². The second-order valence-corrected chi connectivity index (χ2v) is 1.45. The molecular weight excluding hydrogens is 160 g/mol. The summed E-state index contributed by atoms with van der Waals surface area (Å²) in [6.45, 7) is 0. The standard InChI is InChI=1S/C4H4N4.CH4N2O/c5-1-3(7)4(8)2-6;2-1(3)4/h7-8H2;(H4,2,3,4). The molecule has 0 unspecified atom stereocenters. The van der Waals surface area contributed by atoms with E-state index in [4.69, 9.17) is 26.8 Å². The number of allylic oxidation sites excluding steroid dienone is 2. The van der Waals surface area contributed by atoms with Crippen LogP contribution >= 0.6 is 0 Å². The summed E-state index contributed by atoms with van der Waals surface area (Å²) in [5.41, 5.74) is 17.8. The third-order valence-corrected chi connectivity index (χ3v) is 0.531. The molecule has 0 aromatic rings. The maximum absolute atomic E-state index is 9.00. The molecule has 7 nitrogen and oxygen atoms in total. The van der Waals surface area contributed by atoms with E-state index in [1.165, 1.54) is 12.1 Å². The van der Waals surface area contributed by atoms with E-state index in [-0.39, 0.29) is 11.4 Å². The Morgan fingerprint density at radius 3 is 1.17 bits per heavy atom. The molecule has 0 aromatic carbocycles. The van der Waals surface area contributed by atoms with Gasteiger partial charge in [0.25, 0.3) is 0 Å². The summed E-state index contributed by atoms with van der Waals surface area (Å²) in [5.74, 6) is 0. The third kappa shape index (κ3) is 10.5. The fourth-order valence-electron chi connectivity index (χ4n) is 0.120. The molecule has 0 fully saturated rings. The number of urea groups is 1. The van der Waals surface area contributed by atoms with Crippen LogP contribution in [0.15, 0.2) is 11.4 Å². The number of amides is 2. The number of hydrogen-bond acceptors (Lipinski definition) is 5. The summed E-state index contributed by atoms with van der Waals surface area (Å²) in [7, 11) is 0. The van der Waals surface area contributed by atoms with Crippen molar-refractivity contribution in [3.05, 3.63) is 11.4 Å². The molecule has 0 saturated heterocycles. The third-order valence-electron chi connectivity index (χ3n) is 0.531. The van der Waals surface area contributed by atoms with Crippen molar-refractivity contribution in [2.45, 2.75) is 0 Å². The van der Waals surface area contributed by atoms with E-state index in [2.05, 4.69) is 11.5 Å². The van der Waals surface area contributed by atoms with Crippen LogP contribution in [0.3, 0.4) is 0 Å².